The highest BCUT2D eigenvalue weighted by molar-refractivity contribution is 5.30. The van der Waals surface area contributed by atoms with E-state index in [0.29, 0.717) is 30.8 Å². The van der Waals surface area contributed by atoms with Gasteiger partial charge >= 0.3 is 0 Å². The number of hydrogen-bond acceptors (Lipinski definition) is 16. The molecule has 1 spiro atoms. The number of ether oxygens (including phenoxy) is 7. The van der Waals surface area contributed by atoms with Crippen LogP contribution < -0.4 is 0 Å². The monoisotopic (exact) mass is 854 g/mol. The zero-order chi connectivity index (χ0) is 43.0. The maximum absolute atomic E-state index is 12.2. The van der Waals surface area contributed by atoms with Crippen molar-refractivity contribution in [1.82, 2.24) is 0 Å². The molecular formula is C44H70O16. The third-order valence-corrected chi connectivity index (χ3v) is 17.7. The van der Waals surface area contributed by atoms with Crippen molar-refractivity contribution in [1.29, 1.82) is 0 Å². The van der Waals surface area contributed by atoms with Crippen molar-refractivity contribution >= 4 is 0 Å². The lowest BCUT2D eigenvalue weighted by atomic mass is 9.43. The van der Waals surface area contributed by atoms with Gasteiger partial charge in [-0.3, -0.25) is 0 Å². The van der Waals surface area contributed by atoms with E-state index in [9.17, 15) is 46.0 Å². The van der Waals surface area contributed by atoms with Crippen molar-refractivity contribution in [2.45, 2.75) is 196 Å². The van der Waals surface area contributed by atoms with E-state index in [-0.39, 0.29) is 35.7 Å². The highest BCUT2D eigenvalue weighted by atomic mass is 16.8. The van der Waals surface area contributed by atoms with Crippen LogP contribution in [0.1, 0.15) is 92.9 Å². The third kappa shape index (κ3) is 6.51. The molecule has 5 heterocycles. The first-order valence-corrected chi connectivity index (χ1v) is 22.7. The van der Waals surface area contributed by atoms with Crippen LogP contribution in [0.15, 0.2) is 11.6 Å². The van der Waals surface area contributed by atoms with Crippen LogP contribution in [0, 0.1) is 52.3 Å². The molecule has 0 radical (unpaired) electrons. The maximum Gasteiger partial charge on any atom is 0.204 e. The van der Waals surface area contributed by atoms with Gasteiger partial charge in [0.05, 0.1) is 37.6 Å². The maximum atomic E-state index is 12.2. The molecule has 9 aliphatic rings. The number of hydrogen-bond donors (Lipinski definition) is 9. The minimum absolute atomic E-state index is 0.00472. The molecule has 5 aliphatic heterocycles. The van der Waals surface area contributed by atoms with E-state index in [1.54, 1.807) is 6.92 Å². The van der Waals surface area contributed by atoms with Gasteiger partial charge in [-0.15, -0.1) is 0 Å². The summed E-state index contributed by atoms with van der Waals surface area (Å²) in [5, 5.41) is 101. The van der Waals surface area contributed by atoms with Crippen LogP contribution in [0.3, 0.4) is 0 Å². The Balaban J connectivity index is 1.12. The fourth-order valence-corrected chi connectivity index (χ4v) is 14.4. The van der Waals surface area contributed by atoms with Crippen LogP contribution in [0.2, 0.25) is 0 Å². The molecule has 342 valence electrons. The standard InChI is InChI=1S/C44H70O16/c1-18-9-12-43(55-16-18)19(2)30-28(59-43)15-26-24-8-7-22-13-23(45)14-29(42(22,6)25(24)10-11-41(26,30)5)44(60-39-36(52)33(49)27(46)17-54-39)38(35(51)32(48)21(4)58-44)57-40-37(53)34(50)31(47)20(3)56-40/h7,18-21,23-40,45-53H,8-17H2,1-6H3/t18-,19+,20+,21-,23-,24-,25+,26+,27-,28+,29-,30+,31+,32+,33+,34-,35-,36-,37-,38-,39+,40+,41+,42+,43-,44+/m1/s1. The smallest absolute Gasteiger partial charge is 0.204 e. The quantitative estimate of drug-likeness (QED) is 0.170. The molecule has 3 saturated carbocycles. The van der Waals surface area contributed by atoms with Crippen LogP contribution in [0.4, 0.5) is 0 Å². The van der Waals surface area contributed by atoms with E-state index < -0.39 is 115 Å². The molecule has 4 aliphatic carbocycles. The molecule has 0 amide bonds. The summed E-state index contributed by atoms with van der Waals surface area (Å²) in [6, 6.07) is 0. The lowest BCUT2D eigenvalue weighted by Gasteiger charge is -2.65. The fraction of sp³-hybridized carbons (Fsp3) is 0.955. The zero-order valence-corrected chi connectivity index (χ0v) is 35.7. The van der Waals surface area contributed by atoms with Crippen LogP contribution >= 0.6 is 0 Å². The summed E-state index contributed by atoms with van der Waals surface area (Å²) in [6.07, 6.45) is -13.2. The number of allylic oxidation sites excluding steroid dienone is 1. The molecule has 0 aromatic heterocycles. The number of fused-ring (bicyclic) bond motifs is 7. The molecule has 0 bridgehead atoms. The Bertz CT molecular complexity index is 1610. The molecule has 60 heavy (non-hydrogen) atoms. The van der Waals surface area contributed by atoms with Crippen molar-refractivity contribution in [3.05, 3.63) is 11.6 Å². The second-order valence-corrected chi connectivity index (χ2v) is 20.9. The number of aliphatic hydroxyl groups is 9. The summed E-state index contributed by atoms with van der Waals surface area (Å²) in [7, 11) is 0. The largest absolute Gasteiger partial charge is 0.393 e. The molecule has 16 heteroatoms. The van der Waals surface area contributed by atoms with Crippen molar-refractivity contribution in [2.24, 2.45) is 52.3 Å². The molecule has 0 aromatic rings. The third-order valence-electron chi connectivity index (χ3n) is 17.7. The van der Waals surface area contributed by atoms with Gasteiger partial charge in [0, 0.05) is 18.3 Å². The predicted molar refractivity (Wildman–Crippen MR) is 208 cm³/mol. The van der Waals surface area contributed by atoms with Crippen molar-refractivity contribution in [3.8, 4) is 0 Å². The molecule has 5 saturated heterocycles. The summed E-state index contributed by atoms with van der Waals surface area (Å²) in [5.74, 6) is -2.11. The second kappa shape index (κ2) is 15.6. The normalized spacial score (nSPS) is 60.4. The van der Waals surface area contributed by atoms with Gasteiger partial charge in [0.15, 0.2) is 18.4 Å². The van der Waals surface area contributed by atoms with Gasteiger partial charge in [-0.05, 0) is 99.2 Å². The van der Waals surface area contributed by atoms with Crippen LogP contribution in [0.25, 0.3) is 0 Å². The summed E-state index contributed by atoms with van der Waals surface area (Å²) >= 11 is 0. The molecule has 26 atom stereocenters. The van der Waals surface area contributed by atoms with Crippen LogP contribution in [0.5, 0.6) is 0 Å². The van der Waals surface area contributed by atoms with Gasteiger partial charge in [-0.1, -0.05) is 39.3 Å². The van der Waals surface area contributed by atoms with E-state index in [1.807, 2.05) is 0 Å². The predicted octanol–water partition coefficient (Wildman–Crippen LogP) is 0.445. The lowest BCUT2D eigenvalue weighted by Crippen LogP contribution is -2.75. The number of aliphatic hydroxyl groups excluding tert-OH is 9. The summed E-state index contributed by atoms with van der Waals surface area (Å²) in [6.45, 7) is 12.5. The topological polar surface area (TPSA) is 247 Å². The summed E-state index contributed by atoms with van der Waals surface area (Å²) in [5.41, 5.74) is 0.145. The first-order chi connectivity index (χ1) is 28.3. The Kier molecular flexibility index (Phi) is 11.5. The van der Waals surface area contributed by atoms with E-state index in [4.69, 9.17) is 33.2 Å². The second-order valence-electron chi connectivity index (χ2n) is 20.9. The molecule has 0 unspecified atom stereocenters. The number of rotatable bonds is 5. The van der Waals surface area contributed by atoms with Gasteiger partial charge in [0.2, 0.25) is 5.79 Å². The van der Waals surface area contributed by atoms with Gasteiger partial charge in [-0.25, -0.2) is 0 Å². The Morgan fingerprint density at radius 2 is 1.43 bits per heavy atom. The minimum Gasteiger partial charge on any atom is -0.393 e. The van der Waals surface area contributed by atoms with Gasteiger partial charge in [-0.2, -0.15) is 0 Å². The highest BCUT2D eigenvalue weighted by Gasteiger charge is 2.73. The minimum atomic E-state index is -2.19. The van der Waals surface area contributed by atoms with Crippen molar-refractivity contribution in [3.63, 3.8) is 0 Å². The van der Waals surface area contributed by atoms with E-state index in [0.717, 1.165) is 44.1 Å². The Hall–Kier alpha value is -0.900. The average molecular weight is 855 g/mol. The molecule has 16 nitrogen and oxygen atoms in total. The van der Waals surface area contributed by atoms with Gasteiger partial charge < -0.3 is 79.1 Å². The van der Waals surface area contributed by atoms with Gasteiger partial charge in [0.1, 0.15) is 54.9 Å². The molecule has 0 aromatic carbocycles. The molecule has 9 rings (SSSR count). The van der Waals surface area contributed by atoms with Crippen LogP contribution in [-0.2, 0) is 33.2 Å². The average Bonchev–Trinajstić information content (AvgIpc) is 3.66. The molecular weight excluding hydrogens is 784 g/mol. The van der Waals surface area contributed by atoms with Crippen LogP contribution in [-0.4, -0.2) is 163 Å². The SMILES string of the molecule is C[C@@H]1CC[C@@]2(OC1)O[C@H]1C[C@H]3[C@@H]4CC=C5C[C@@H](O)C[C@@H]([C@@]6(O[C@@H]7OC[C@@H](O)[C@H](O)[C@H]7O)O[C@H](C)[C@H](O)[C@@H](O)[C@H]6O[C@@H]6O[C@@H](C)[C@H](O)[C@@H](O)[C@H]6O)[C@]5(C)[C@H]4CC[C@]3(C)[C@H]1[C@@H]2C. The lowest BCUT2D eigenvalue weighted by molar-refractivity contribution is -0.456. The molecule has 8 fully saturated rings. The Labute approximate surface area is 352 Å². The first kappa shape index (κ1) is 44.3. The molecule has 9 N–H and O–H groups in total. The fourth-order valence-electron chi connectivity index (χ4n) is 14.4. The highest BCUT2D eigenvalue weighted by Crippen LogP contribution is 2.72. The first-order valence-electron chi connectivity index (χ1n) is 22.7. The summed E-state index contributed by atoms with van der Waals surface area (Å²) < 4.78 is 45.5. The van der Waals surface area contributed by atoms with E-state index >= 15 is 0 Å². The van der Waals surface area contributed by atoms with Crippen molar-refractivity contribution in [2.75, 3.05) is 13.2 Å². The zero-order valence-electron chi connectivity index (χ0n) is 35.7. The van der Waals surface area contributed by atoms with E-state index in [2.05, 4.69) is 33.8 Å². The summed E-state index contributed by atoms with van der Waals surface area (Å²) in [4.78, 5) is 0. The Morgan fingerprint density at radius 3 is 2.15 bits per heavy atom. The Morgan fingerprint density at radius 1 is 0.717 bits per heavy atom. The van der Waals surface area contributed by atoms with Crippen molar-refractivity contribution < 1.29 is 79.1 Å². The van der Waals surface area contributed by atoms with Gasteiger partial charge in [0.25, 0.3) is 0 Å². The van der Waals surface area contributed by atoms with E-state index in [1.165, 1.54) is 6.92 Å².